The first-order chi connectivity index (χ1) is 15.3. The third kappa shape index (κ3) is 4.53. The van der Waals surface area contributed by atoms with E-state index in [1.807, 2.05) is 0 Å². The van der Waals surface area contributed by atoms with Crippen molar-refractivity contribution in [3.05, 3.63) is 78.3 Å². The maximum atomic E-state index is 13.1. The molecule has 32 heavy (non-hydrogen) atoms. The number of nitrogens with zero attached hydrogens (tertiary/aromatic N) is 3. The van der Waals surface area contributed by atoms with Gasteiger partial charge in [-0.25, -0.2) is 9.97 Å². The highest BCUT2D eigenvalue weighted by atomic mass is 19.4. The number of hydrogen-bond donors (Lipinski definition) is 1. The minimum Gasteiger partial charge on any atom is -0.496 e. The van der Waals surface area contributed by atoms with Crippen molar-refractivity contribution in [3.8, 4) is 34.1 Å². The van der Waals surface area contributed by atoms with Crippen LogP contribution in [0.2, 0.25) is 0 Å². The molecule has 0 saturated heterocycles. The summed E-state index contributed by atoms with van der Waals surface area (Å²) >= 11 is 0. The maximum absolute atomic E-state index is 13.1. The van der Waals surface area contributed by atoms with Gasteiger partial charge in [-0.05, 0) is 36.4 Å². The van der Waals surface area contributed by atoms with Gasteiger partial charge in [0.1, 0.15) is 23.9 Å². The lowest BCUT2D eigenvalue weighted by atomic mass is 10.1. The Kier molecular flexibility index (Phi) is 5.76. The highest BCUT2D eigenvalue weighted by Crippen LogP contribution is 2.35. The van der Waals surface area contributed by atoms with Crippen LogP contribution in [-0.4, -0.2) is 27.0 Å². The van der Waals surface area contributed by atoms with Crippen molar-refractivity contribution < 1.29 is 27.0 Å². The Labute approximate surface area is 179 Å². The molecule has 0 atom stereocenters. The standard InChI is InChI=1S/C22H16F4N4O2/c1-31-19-9-14(32-12-18-16(22(24,25)26)3-2-8-27-18)5-6-15(19)17-11-29-21(30-17)13-4-7-20(23)28-10-13/h2-11H,12H2,1H3,(H,29,30). The number of alkyl halides is 3. The largest absolute Gasteiger partial charge is 0.496 e. The predicted octanol–water partition coefficient (Wildman–Crippen LogP) is 5.28. The Balaban J connectivity index is 1.55. The first-order valence-corrected chi connectivity index (χ1v) is 9.35. The summed E-state index contributed by atoms with van der Waals surface area (Å²) in [6, 6.07) is 9.80. The molecule has 4 rings (SSSR count). The molecule has 6 nitrogen and oxygen atoms in total. The van der Waals surface area contributed by atoms with Crippen molar-refractivity contribution in [1.82, 2.24) is 19.9 Å². The minimum atomic E-state index is -4.52. The molecular formula is C22H16F4N4O2. The van der Waals surface area contributed by atoms with Crippen LogP contribution >= 0.6 is 0 Å². The van der Waals surface area contributed by atoms with Gasteiger partial charge in [0.25, 0.3) is 0 Å². The minimum absolute atomic E-state index is 0.215. The summed E-state index contributed by atoms with van der Waals surface area (Å²) in [6.45, 7) is -0.359. The average molecular weight is 444 g/mol. The molecule has 0 spiro atoms. The highest BCUT2D eigenvalue weighted by molar-refractivity contribution is 5.70. The monoisotopic (exact) mass is 444 g/mol. The summed E-state index contributed by atoms with van der Waals surface area (Å²) in [5.74, 6) is 0.619. The van der Waals surface area contributed by atoms with Gasteiger partial charge in [0.2, 0.25) is 5.95 Å². The Morgan fingerprint density at radius 1 is 1.06 bits per heavy atom. The summed E-state index contributed by atoms with van der Waals surface area (Å²) in [7, 11) is 1.46. The Morgan fingerprint density at radius 2 is 1.91 bits per heavy atom. The molecule has 10 heteroatoms. The fraction of sp³-hybridized carbons (Fsp3) is 0.136. The van der Waals surface area contributed by atoms with Crippen LogP contribution in [0.3, 0.4) is 0 Å². The number of ether oxygens (including phenoxy) is 2. The lowest BCUT2D eigenvalue weighted by molar-refractivity contribution is -0.138. The molecule has 0 saturated carbocycles. The van der Waals surface area contributed by atoms with E-state index >= 15 is 0 Å². The number of pyridine rings is 2. The van der Waals surface area contributed by atoms with Gasteiger partial charge in [0.05, 0.1) is 24.1 Å². The molecule has 3 heterocycles. The predicted molar refractivity (Wildman–Crippen MR) is 107 cm³/mol. The number of benzene rings is 1. The van der Waals surface area contributed by atoms with Crippen LogP contribution < -0.4 is 9.47 Å². The van der Waals surface area contributed by atoms with Crippen LogP contribution in [0.5, 0.6) is 11.5 Å². The number of halogens is 4. The van der Waals surface area contributed by atoms with E-state index in [0.29, 0.717) is 34.1 Å². The second kappa shape index (κ2) is 8.66. The van der Waals surface area contributed by atoms with Crippen LogP contribution in [-0.2, 0) is 12.8 Å². The molecule has 1 aromatic carbocycles. The van der Waals surface area contributed by atoms with Crippen molar-refractivity contribution in [2.45, 2.75) is 12.8 Å². The van der Waals surface area contributed by atoms with Crippen LogP contribution in [0.25, 0.3) is 22.6 Å². The van der Waals surface area contributed by atoms with Gasteiger partial charge < -0.3 is 14.5 Å². The van der Waals surface area contributed by atoms with Crippen LogP contribution in [0.4, 0.5) is 17.6 Å². The smallest absolute Gasteiger partial charge is 0.418 e. The molecule has 1 N–H and O–H groups in total. The van der Waals surface area contributed by atoms with Gasteiger partial charge in [-0.3, -0.25) is 4.98 Å². The van der Waals surface area contributed by atoms with Gasteiger partial charge in [-0.1, -0.05) is 0 Å². The van der Waals surface area contributed by atoms with Gasteiger partial charge in [-0.2, -0.15) is 17.6 Å². The zero-order chi connectivity index (χ0) is 22.7. The Bertz CT molecular complexity index is 1220. The number of aromatic amines is 1. The fourth-order valence-corrected chi connectivity index (χ4v) is 3.06. The molecule has 4 aromatic rings. The van der Waals surface area contributed by atoms with Crippen LogP contribution in [0, 0.1) is 5.95 Å². The van der Waals surface area contributed by atoms with E-state index in [-0.39, 0.29) is 12.3 Å². The number of H-pyrrole nitrogens is 1. The molecule has 0 amide bonds. The van der Waals surface area contributed by atoms with E-state index in [4.69, 9.17) is 9.47 Å². The lowest BCUT2D eigenvalue weighted by Gasteiger charge is -2.13. The first kappa shape index (κ1) is 21.3. The van der Waals surface area contributed by atoms with Crippen LogP contribution in [0.1, 0.15) is 11.3 Å². The number of imidazole rings is 1. The number of nitrogens with one attached hydrogen (secondary N) is 1. The lowest BCUT2D eigenvalue weighted by Crippen LogP contribution is -2.12. The molecule has 0 aliphatic carbocycles. The summed E-state index contributed by atoms with van der Waals surface area (Å²) in [4.78, 5) is 14.9. The Morgan fingerprint density at radius 3 is 2.62 bits per heavy atom. The van der Waals surface area contributed by atoms with Crippen molar-refractivity contribution in [2.24, 2.45) is 0 Å². The molecule has 0 aliphatic rings. The van der Waals surface area contributed by atoms with E-state index < -0.39 is 17.7 Å². The van der Waals surface area contributed by atoms with Gasteiger partial charge in [-0.15, -0.1) is 0 Å². The topological polar surface area (TPSA) is 72.9 Å². The Hall–Kier alpha value is -3.95. The highest BCUT2D eigenvalue weighted by Gasteiger charge is 2.33. The molecule has 164 valence electrons. The second-order valence-electron chi connectivity index (χ2n) is 6.65. The van der Waals surface area contributed by atoms with Crippen LogP contribution in [0.15, 0.2) is 61.1 Å². The van der Waals surface area contributed by atoms with E-state index in [0.717, 1.165) is 6.07 Å². The van der Waals surface area contributed by atoms with E-state index in [2.05, 4.69) is 19.9 Å². The zero-order valence-electron chi connectivity index (χ0n) is 16.7. The first-order valence-electron chi connectivity index (χ1n) is 9.35. The van der Waals surface area contributed by atoms with Gasteiger partial charge >= 0.3 is 6.18 Å². The fourth-order valence-electron chi connectivity index (χ4n) is 3.06. The molecule has 0 unspecified atom stereocenters. The van der Waals surface area contributed by atoms with Crippen molar-refractivity contribution >= 4 is 0 Å². The molecule has 3 aromatic heterocycles. The number of methoxy groups -OCH3 is 1. The molecular weight excluding hydrogens is 428 g/mol. The molecule has 0 aliphatic heterocycles. The molecule has 0 fully saturated rings. The number of hydrogen-bond acceptors (Lipinski definition) is 5. The summed E-state index contributed by atoms with van der Waals surface area (Å²) in [5.41, 5.74) is 0.728. The normalized spacial score (nSPS) is 11.4. The third-order valence-electron chi connectivity index (χ3n) is 4.60. The van der Waals surface area contributed by atoms with Crippen molar-refractivity contribution in [2.75, 3.05) is 7.11 Å². The van der Waals surface area contributed by atoms with E-state index in [9.17, 15) is 17.6 Å². The average Bonchev–Trinajstić information content (AvgIpc) is 3.27. The van der Waals surface area contributed by atoms with E-state index in [1.165, 1.54) is 31.6 Å². The third-order valence-corrected chi connectivity index (χ3v) is 4.60. The SMILES string of the molecule is COc1cc(OCc2ncccc2C(F)(F)F)ccc1-c1c[nH]c(-c2ccc(F)nc2)n1. The number of aromatic nitrogens is 4. The molecule has 0 radical (unpaired) electrons. The maximum Gasteiger partial charge on any atom is 0.418 e. The van der Waals surface area contributed by atoms with Crippen molar-refractivity contribution in [3.63, 3.8) is 0 Å². The van der Waals surface area contributed by atoms with Gasteiger partial charge in [0.15, 0.2) is 0 Å². The summed E-state index contributed by atoms with van der Waals surface area (Å²) in [6.07, 6.45) is -0.227. The summed E-state index contributed by atoms with van der Waals surface area (Å²) < 4.78 is 63.4. The summed E-state index contributed by atoms with van der Waals surface area (Å²) in [5, 5.41) is 0. The molecule has 0 bridgehead atoms. The van der Waals surface area contributed by atoms with E-state index in [1.54, 1.807) is 30.5 Å². The zero-order valence-corrected chi connectivity index (χ0v) is 16.7. The van der Waals surface area contributed by atoms with Crippen molar-refractivity contribution in [1.29, 1.82) is 0 Å². The number of rotatable bonds is 6. The second-order valence-corrected chi connectivity index (χ2v) is 6.65. The quantitative estimate of drug-likeness (QED) is 0.324. The van der Waals surface area contributed by atoms with Gasteiger partial charge in [0, 0.05) is 35.8 Å².